The molecule has 1 saturated heterocycles. The minimum atomic E-state index is -0.342. The summed E-state index contributed by atoms with van der Waals surface area (Å²) < 4.78 is 13.8. The first kappa shape index (κ1) is 22.7. The second kappa shape index (κ2) is 10.1. The van der Waals surface area contributed by atoms with E-state index in [4.69, 9.17) is 9.47 Å². The van der Waals surface area contributed by atoms with Gasteiger partial charge in [0.15, 0.2) is 28.6 Å². The number of carbonyl (C=O) groups is 1. The highest BCUT2D eigenvalue weighted by molar-refractivity contribution is 8.00. The zero-order chi connectivity index (χ0) is 23.5. The van der Waals surface area contributed by atoms with Crippen LogP contribution in [0, 0.1) is 0 Å². The minimum absolute atomic E-state index is 0.139. The van der Waals surface area contributed by atoms with Crippen LogP contribution < -0.4 is 9.47 Å². The van der Waals surface area contributed by atoms with E-state index in [2.05, 4.69) is 39.4 Å². The van der Waals surface area contributed by atoms with E-state index in [1.807, 2.05) is 53.8 Å². The molecule has 2 aliphatic heterocycles. The average molecular weight is 480 g/mol. The van der Waals surface area contributed by atoms with Crippen LogP contribution in [-0.2, 0) is 18.4 Å². The molecule has 2 unspecified atom stereocenters. The molecule has 34 heavy (non-hydrogen) atoms. The number of nitrogens with zero attached hydrogens (tertiary/aromatic N) is 5. The molecule has 0 spiro atoms. The third-order valence-corrected chi connectivity index (χ3v) is 7.35. The van der Waals surface area contributed by atoms with Crippen molar-refractivity contribution >= 4 is 17.7 Å². The molecule has 3 heterocycles. The van der Waals surface area contributed by atoms with Crippen molar-refractivity contribution in [3.8, 4) is 11.5 Å². The van der Waals surface area contributed by atoms with Crippen LogP contribution in [0.2, 0.25) is 0 Å². The van der Waals surface area contributed by atoms with Crippen LogP contribution >= 0.6 is 11.8 Å². The number of aromatic nitrogens is 3. The Balaban J connectivity index is 1.16. The van der Waals surface area contributed by atoms with Crippen LogP contribution in [0.4, 0.5) is 0 Å². The quantitative estimate of drug-likeness (QED) is 0.503. The average Bonchev–Trinajstić information content (AvgIpc) is 3.24. The highest BCUT2D eigenvalue weighted by Gasteiger charge is 2.30. The molecule has 5 rings (SSSR count). The zero-order valence-corrected chi connectivity index (χ0v) is 20.3. The van der Waals surface area contributed by atoms with Gasteiger partial charge in [-0.05, 0) is 24.6 Å². The molecule has 0 radical (unpaired) electrons. The van der Waals surface area contributed by atoms with Crippen molar-refractivity contribution in [1.82, 2.24) is 24.6 Å². The number of hydrogen-bond donors (Lipinski definition) is 0. The fourth-order valence-corrected chi connectivity index (χ4v) is 5.20. The lowest BCUT2D eigenvalue weighted by atomic mass is 10.2. The monoisotopic (exact) mass is 479 g/mol. The molecular weight excluding hydrogens is 450 g/mol. The number of fused-ring (bicyclic) bond motifs is 1. The van der Waals surface area contributed by atoms with Crippen LogP contribution in [0.25, 0.3) is 0 Å². The number of rotatable bonds is 6. The van der Waals surface area contributed by atoms with Crippen LogP contribution in [0.5, 0.6) is 11.5 Å². The van der Waals surface area contributed by atoms with Crippen molar-refractivity contribution < 1.29 is 14.3 Å². The van der Waals surface area contributed by atoms with E-state index in [-0.39, 0.29) is 17.3 Å². The normalized spacial score (nSPS) is 19.1. The summed E-state index contributed by atoms with van der Waals surface area (Å²) in [6.45, 7) is 6.48. The maximum Gasteiger partial charge on any atom is 0.235 e. The Kier molecular flexibility index (Phi) is 6.73. The second-order valence-electron chi connectivity index (χ2n) is 8.61. The Morgan fingerprint density at radius 2 is 1.74 bits per heavy atom. The van der Waals surface area contributed by atoms with Crippen molar-refractivity contribution in [3.63, 3.8) is 0 Å². The van der Waals surface area contributed by atoms with Gasteiger partial charge < -0.3 is 18.9 Å². The molecule has 0 aliphatic carbocycles. The van der Waals surface area contributed by atoms with Gasteiger partial charge in [-0.2, -0.15) is 0 Å². The molecule has 1 aromatic heterocycles. The van der Waals surface area contributed by atoms with Crippen LogP contribution in [0.3, 0.4) is 0 Å². The Morgan fingerprint density at radius 3 is 2.50 bits per heavy atom. The van der Waals surface area contributed by atoms with Gasteiger partial charge in [0.25, 0.3) is 0 Å². The summed E-state index contributed by atoms with van der Waals surface area (Å²) in [5.41, 5.74) is 1.31. The summed E-state index contributed by atoms with van der Waals surface area (Å²) in [6.07, 6.45) is -0.342. The van der Waals surface area contributed by atoms with E-state index in [0.29, 0.717) is 23.3 Å². The number of para-hydroxylation sites is 2. The van der Waals surface area contributed by atoms with Gasteiger partial charge in [-0.3, -0.25) is 9.69 Å². The van der Waals surface area contributed by atoms with Gasteiger partial charge in [0.1, 0.15) is 6.61 Å². The number of thioether (sulfide) groups is 1. The summed E-state index contributed by atoms with van der Waals surface area (Å²) in [4.78, 5) is 17.5. The molecule has 178 valence electrons. The first-order valence-corrected chi connectivity index (χ1v) is 12.5. The highest BCUT2D eigenvalue weighted by atomic mass is 32.2. The highest BCUT2D eigenvalue weighted by Crippen LogP contribution is 2.36. The Labute approximate surface area is 203 Å². The van der Waals surface area contributed by atoms with Crippen molar-refractivity contribution in [2.24, 2.45) is 7.05 Å². The second-order valence-corrected chi connectivity index (χ2v) is 9.92. The largest absolute Gasteiger partial charge is 0.485 e. The van der Waals surface area contributed by atoms with Gasteiger partial charge in [-0.25, -0.2) is 0 Å². The first-order chi connectivity index (χ1) is 16.6. The summed E-state index contributed by atoms with van der Waals surface area (Å²) in [5.74, 6) is 2.26. The molecule has 0 N–H and O–H groups in total. The van der Waals surface area contributed by atoms with Gasteiger partial charge in [0.05, 0.1) is 5.25 Å². The Hall–Kier alpha value is -3.04. The lowest BCUT2D eigenvalue weighted by Gasteiger charge is -2.35. The molecule has 0 bridgehead atoms. The zero-order valence-electron chi connectivity index (χ0n) is 19.5. The number of carbonyl (C=O) groups excluding carboxylic acids is 1. The van der Waals surface area contributed by atoms with E-state index < -0.39 is 0 Å². The lowest BCUT2D eigenvalue weighted by Crippen LogP contribution is -2.50. The molecule has 8 nitrogen and oxygen atoms in total. The number of amides is 1. The predicted octanol–water partition coefficient (Wildman–Crippen LogP) is 3.15. The van der Waals surface area contributed by atoms with E-state index in [1.165, 1.54) is 17.3 Å². The van der Waals surface area contributed by atoms with Gasteiger partial charge >= 0.3 is 0 Å². The maximum atomic E-state index is 13.1. The van der Waals surface area contributed by atoms with E-state index in [0.717, 1.165) is 38.5 Å². The Bertz CT molecular complexity index is 1130. The molecule has 0 saturated carbocycles. The summed E-state index contributed by atoms with van der Waals surface area (Å²) in [6, 6.07) is 18.1. The van der Waals surface area contributed by atoms with E-state index in [9.17, 15) is 4.79 Å². The molecule has 2 aliphatic rings. The third-order valence-electron chi connectivity index (χ3n) is 6.23. The van der Waals surface area contributed by atoms with Crippen LogP contribution in [0.15, 0.2) is 59.8 Å². The van der Waals surface area contributed by atoms with Crippen LogP contribution in [-0.4, -0.2) is 68.5 Å². The third kappa shape index (κ3) is 4.90. The molecular formula is C25H29N5O3S. The van der Waals surface area contributed by atoms with Crippen molar-refractivity contribution in [1.29, 1.82) is 0 Å². The number of ether oxygens (including phenoxy) is 2. The molecule has 1 amide bonds. The summed E-state index contributed by atoms with van der Waals surface area (Å²) in [5, 5.41) is 9.12. The summed E-state index contributed by atoms with van der Waals surface area (Å²) in [7, 11) is 1.90. The topological polar surface area (TPSA) is 72.7 Å². The van der Waals surface area contributed by atoms with Gasteiger partial charge in [0, 0.05) is 39.8 Å². The van der Waals surface area contributed by atoms with Crippen molar-refractivity contribution in [2.45, 2.75) is 30.0 Å². The summed E-state index contributed by atoms with van der Waals surface area (Å²) >= 11 is 1.43. The maximum absolute atomic E-state index is 13.1. The van der Waals surface area contributed by atoms with Gasteiger partial charge in [-0.1, -0.05) is 54.2 Å². The number of piperazine rings is 1. The lowest BCUT2D eigenvalue weighted by molar-refractivity contribution is -0.132. The number of hydrogen-bond acceptors (Lipinski definition) is 7. The smallest absolute Gasteiger partial charge is 0.235 e. The van der Waals surface area contributed by atoms with E-state index in [1.54, 1.807) is 0 Å². The molecule has 2 aromatic carbocycles. The number of benzene rings is 2. The van der Waals surface area contributed by atoms with Gasteiger partial charge in [-0.15, -0.1) is 10.2 Å². The van der Waals surface area contributed by atoms with Crippen molar-refractivity contribution in [3.05, 3.63) is 66.0 Å². The molecule has 1 fully saturated rings. The van der Waals surface area contributed by atoms with Crippen LogP contribution in [0.1, 0.15) is 24.4 Å². The first-order valence-electron chi connectivity index (χ1n) is 11.6. The SMILES string of the molecule is CC(Sc1nnc(C2COc3ccccc3O2)n1C)C(=O)N1CCN(Cc2ccccc2)CC1. The minimum Gasteiger partial charge on any atom is -0.485 e. The molecule has 9 heteroatoms. The Morgan fingerprint density at radius 1 is 1.03 bits per heavy atom. The molecule has 2 atom stereocenters. The molecule has 3 aromatic rings. The standard InChI is InChI=1S/C25H29N5O3S/c1-18(24(31)30-14-12-29(13-15-30)16-19-8-4-3-5-9-19)34-25-27-26-23(28(25)2)22-17-32-20-10-6-7-11-21(20)33-22/h3-11,18,22H,12-17H2,1-2H3. The fourth-order valence-electron chi connectivity index (χ4n) is 4.29. The van der Waals surface area contributed by atoms with E-state index >= 15 is 0 Å². The van der Waals surface area contributed by atoms with Crippen molar-refractivity contribution in [2.75, 3.05) is 32.8 Å². The fraction of sp³-hybridized carbons (Fsp3) is 0.400. The predicted molar refractivity (Wildman–Crippen MR) is 130 cm³/mol. The van der Waals surface area contributed by atoms with Gasteiger partial charge in [0.2, 0.25) is 5.91 Å².